The number of pyridine rings is 1. The van der Waals surface area contributed by atoms with Gasteiger partial charge in [0.25, 0.3) is 0 Å². The highest BCUT2D eigenvalue weighted by Gasteiger charge is 2.18. The summed E-state index contributed by atoms with van der Waals surface area (Å²) in [5.74, 6) is -0.971. The van der Waals surface area contributed by atoms with Crippen LogP contribution in [0.3, 0.4) is 0 Å². The fourth-order valence-corrected chi connectivity index (χ4v) is 2.28. The Morgan fingerprint density at radius 2 is 2.08 bits per heavy atom. The summed E-state index contributed by atoms with van der Waals surface area (Å²) < 4.78 is 9.80. The van der Waals surface area contributed by atoms with E-state index in [4.69, 9.17) is 14.6 Å². The van der Waals surface area contributed by atoms with Crippen LogP contribution in [0.4, 0.5) is 5.69 Å². The van der Waals surface area contributed by atoms with Gasteiger partial charge in [-0.15, -0.1) is 0 Å². The van der Waals surface area contributed by atoms with Gasteiger partial charge in [-0.25, -0.2) is 9.59 Å². The van der Waals surface area contributed by atoms with Gasteiger partial charge >= 0.3 is 11.9 Å². The Bertz CT molecular complexity index is 745. The number of anilines is 1. The third-order valence-corrected chi connectivity index (χ3v) is 3.42. The molecular formula is C17H20N2O5. The lowest BCUT2D eigenvalue weighted by Gasteiger charge is -2.14. The van der Waals surface area contributed by atoms with Crippen molar-refractivity contribution in [2.24, 2.45) is 0 Å². The smallest absolute Gasteiger partial charge is 0.341 e. The van der Waals surface area contributed by atoms with Crippen LogP contribution in [0.5, 0.6) is 0 Å². The lowest BCUT2D eigenvalue weighted by Crippen LogP contribution is -2.13. The molecule has 2 rings (SSSR count). The lowest BCUT2D eigenvalue weighted by atomic mass is 10.1. The van der Waals surface area contributed by atoms with Crippen LogP contribution in [0.15, 0.2) is 24.4 Å². The Kier molecular flexibility index (Phi) is 6.08. The van der Waals surface area contributed by atoms with Gasteiger partial charge in [-0.2, -0.15) is 0 Å². The van der Waals surface area contributed by atoms with E-state index >= 15 is 0 Å². The topological polar surface area (TPSA) is 97.8 Å². The predicted molar refractivity (Wildman–Crippen MR) is 89.2 cm³/mol. The van der Waals surface area contributed by atoms with E-state index in [9.17, 15) is 9.59 Å². The highest BCUT2D eigenvalue weighted by molar-refractivity contribution is 6.06. The third kappa shape index (κ3) is 3.80. The van der Waals surface area contributed by atoms with Crippen molar-refractivity contribution < 1.29 is 24.2 Å². The Morgan fingerprint density at radius 3 is 2.75 bits per heavy atom. The fourth-order valence-electron chi connectivity index (χ4n) is 2.28. The van der Waals surface area contributed by atoms with Crippen LogP contribution in [0, 0.1) is 0 Å². The van der Waals surface area contributed by atoms with Crippen molar-refractivity contribution in [3.05, 3.63) is 35.5 Å². The summed E-state index contributed by atoms with van der Waals surface area (Å²) >= 11 is 0. The van der Waals surface area contributed by atoms with Crippen molar-refractivity contribution in [1.29, 1.82) is 0 Å². The van der Waals surface area contributed by atoms with Crippen molar-refractivity contribution in [1.82, 2.24) is 4.98 Å². The number of carbonyl (C=O) groups excluding carboxylic acids is 2. The molecule has 0 aliphatic rings. The number of aliphatic hydroxyl groups excluding tert-OH is 1. The molecule has 0 radical (unpaired) electrons. The minimum absolute atomic E-state index is 0.0260. The number of carbonyl (C=O) groups is 2. The number of benzene rings is 1. The van der Waals surface area contributed by atoms with E-state index < -0.39 is 11.9 Å². The summed E-state index contributed by atoms with van der Waals surface area (Å²) in [4.78, 5) is 28.2. The van der Waals surface area contributed by atoms with Crippen molar-refractivity contribution in [2.75, 3.05) is 32.2 Å². The Labute approximate surface area is 139 Å². The van der Waals surface area contributed by atoms with Gasteiger partial charge < -0.3 is 19.9 Å². The molecule has 0 amide bonds. The van der Waals surface area contributed by atoms with Gasteiger partial charge in [-0.3, -0.25) is 4.98 Å². The van der Waals surface area contributed by atoms with Crippen molar-refractivity contribution in [3.8, 4) is 0 Å². The lowest BCUT2D eigenvalue weighted by molar-refractivity contribution is 0.0526. The molecule has 0 fully saturated rings. The average Bonchev–Trinajstić information content (AvgIpc) is 2.61. The molecule has 0 saturated carbocycles. The molecule has 0 aliphatic heterocycles. The summed E-state index contributed by atoms with van der Waals surface area (Å²) in [6.45, 7) is 2.46. The normalized spacial score (nSPS) is 10.5. The summed E-state index contributed by atoms with van der Waals surface area (Å²) in [5, 5.41) is 12.7. The van der Waals surface area contributed by atoms with Gasteiger partial charge in [-0.1, -0.05) is 0 Å². The number of aliphatic hydroxyl groups is 1. The summed E-state index contributed by atoms with van der Waals surface area (Å²) in [7, 11) is 1.31. The molecule has 1 aromatic carbocycles. The number of hydrogen-bond acceptors (Lipinski definition) is 7. The van der Waals surface area contributed by atoms with Gasteiger partial charge in [0.1, 0.15) is 5.56 Å². The van der Waals surface area contributed by atoms with Gasteiger partial charge in [0.2, 0.25) is 0 Å². The van der Waals surface area contributed by atoms with Crippen LogP contribution in [0.2, 0.25) is 0 Å². The second-order valence-electron chi connectivity index (χ2n) is 4.99. The molecular weight excluding hydrogens is 312 g/mol. The van der Waals surface area contributed by atoms with Crippen LogP contribution < -0.4 is 5.32 Å². The maximum absolute atomic E-state index is 12.2. The minimum atomic E-state index is -0.498. The SMILES string of the molecule is CCOC(=O)c1cnc2ccc(C(=O)OC)cc2c1NCCCO. The van der Waals surface area contributed by atoms with E-state index in [1.807, 2.05) is 0 Å². The molecule has 7 heteroatoms. The molecule has 7 nitrogen and oxygen atoms in total. The standard InChI is InChI=1S/C17H20N2O5/c1-3-24-17(22)13-10-19-14-6-5-11(16(21)23-2)9-12(14)15(13)18-7-4-8-20/h5-6,9-10,20H,3-4,7-8H2,1-2H3,(H,18,19). The summed E-state index contributed by atoms with van der Waals surface area (Å²) in [6, 6.07) is 4.93. The first-order chi connectivity index (χ1) is 11.6. The van der Waals surface area contributed by atoms with Crippen molar-refractivity contribution in [2.45, 2.75) is 13.3 Å². The number of nitrogens with zero attached hydrogens (tertiary/aromatic N) is 1. The molecule has 1 aromatic heterocycles. The maximum Gasteiger partial charge on any atom is 0.341 e. The summed E-state index contributed by atoms with van der Waals surface area (Å²) in [5.41, 5.74) is 1.79. The predicted octanol–water partition coefficient (Wildman–Crippen LogP) is 1.99. The number of esters is 2. The van der Waals surface area contributed by atoms with Crippen LogP contribution in [-0.4, -0.2) is 48.9 Å². The molecule has 2 N–H and O–H groups in total. The first-order valence-corrected chi connectivity index (χ1v) is 7.65. The van der Waals surface area contributed by atoms with Crippen LogP contribution >= 0.6 is 0 Å². The van der Waals surface area contributed by atoms with Gasteiger partial charge in [0, 0.05) is 24.7 Å². The van der Waals surface area contributed by atoms with Crippen LogP contribution in [0.25, 0.3) is 10.9 Å². The molecule has 0 unspecified atom stereocenters. The second kappa shape index (κ2) is 8.26. The van der Waals surface area contributed by atoms with E-state index in [2.05, 4.69) is 10.3 Å². The average molecular weight is 332 g/mol. The first kappa shape index (κ1) is 17.7. The van der Waals surface area contributed by atoms with Crippen LogP contribution in [0.1, 0.15) is 34.1 Å². The highest BCUT2D eigenvalue weighted by Crippen LogP contribution is 2.28. The molecule has 2 aromatic rings. The number of ether oxygens (including phenoxy) is 2. The van der Waals surface area contributed by atoms with Gasteiger partial charge in [-0.05, 0) is 31.5 Å². The maximum atomic E-state index is 12.2. The van der Waals surface area contributed by atoms with Crippen molar-refractivity contribution in [3.63, 3.8) is 0 Å². The second-order valence-corrected chi connectivity index (χ2v) is 4.99. The van der Waals surface area contributed by atoms with E-state index in [0.29, 0.717) is 35.1 Å². The van der Waals surface area contributed by atoms with E-state index in [1.165, 1.54) is 13.3 Å². The largest absolute Gasteiger partial charge is 0.465 e. The number of fused-ring (bicyclic) bond motifs is 1. The zero-order valence-electron chi connectivity index (χ0n) is 13.7. The Hall–Kier alpha value is -2.67. The van der Waals surface area contributed by atoms with Gasteiger partial charge in [0.15, 0.2) is 0 Å². The third-order valence-electron chi connectivity index (χ3n) is 3.42. The summed E-state index contributed by atoms with van der Waals surface area (Å²) in [6.07, 6.45) is 1.96. The fraction of sp³-hybridized carbons (Fsp3) is 0.353. The molecule has 0 atom stereocenters. The Morgan fingerprint density at radius 1 is 1.29 bits per heavy atom. The minimum Gasteiger partial charge on any atom is -0.465 e. The number of methoxy groups -OCH3 is 1. The monoisotopic (exact) mass is 332 g/mol. The zero-order chi connectivity index (χ0) is 17.5. The molecule has 128 valence electrons. The van der Waals surface area contributed by atoms with E-state index in [0.717, 1.165) is 0 Å². The quantitative estimate of drug-likeness (QED) is 0.591. The first-order valence-electron chi connectivity index (χ1n) is 7.65. The van der Waals surface area contributed by atoms with Crippen LogP contribution in [-0.2, 0) is 9.47 Å². The molecule has 1 heterocycles. The zero-order valence-corrected chi connectivity index (χ0v) is 13.7. The molecule has 0 saturated heterocycles. The number of rotatable bonds is 7. The van der Waals surface area contributed by atoms with Crippen molar-refractivity contribution >= 4 is 28.5 Å². The van der Waals surface area contributed by atoms with E-state index in [1.54, 1.807) is 25.1 Å². The molecule has 0 bridgehead atoms. The number of hydrogen-bond donors (Lipinski definition) is 2. The van der Waals surface area contributed by atoms with Gasteiger partial charge in [0.05, 0.1) is 30.5 Å². The highest BCUT2D eigenvalue weighted by atomic mass is 16.5. The Balaban J connectivity index is 2.56. The molecule has 0 spiro atoms. The molecule has 24 heavy (non-hydrogen) atoms. The van der Waals surface area contributed by atoms with E-state index in [-0.39, 0.29) is 18.8 Å². The number of nitrogens with one attached hydrogen (secondary N) is 1. The molecule has 0 aliphatic carbocycles. The number of aromatic nitrogens is 1.